The van der Waals surface area contributed by atoms with Crippen LogP contribution in [0.25, 0.3) is 38.6 Å². The second kappa shape index (κ2) is 14.0. The zero-order chi connectivity index (χ0) is 35.7. The Hall–Kier alpha value is -6.36. The summed E-state index contributed by atoms with van der Waals surface area (Å²) in [6.07, 6.45) is 0. The van der Waals surface area contributed by atoms with E-state index in [2.05, 4.69) is 237 Å². The Bertz CT molecular complexity index is 2450. The molecule has 0 saturated carbocycles. The van der Waals surface area contributed by atoms with E-state index in [0.29, 0.717) is 0 Å². The van der Waals surface area contributed by atoms with Crippen LogP contribution in [0.5, 0.6) is 0 Å². The highest BCUT2D eigenvalue weighted by molar-refractivity contribution is 9.10. The van der Waals surface area contributed by atoms with Crippen molar-refractivity contribution in [3.8, 4) is 16.8 Å². The third kappa shape index (κ3) is 6.18. The summed E-state index contributed by atoms with van der Waals surface area (Å²) in [5, 5.41) is 2.37. The first-order valence-corrected chi connectivity index (χ1v) is 18.7. The molecular formula is C49H36BrN3. The second-order valence-electron chi connectivity index (χ2n) is 13.3. The molecule has 0 spiro atoms. The van der Waals surface area contributed by atoms with Crippen LogP contribution in [0.3, 0.4) is 0 Å². The highest BCUT2D eigenvalue weighted by Crippen LogP contribution is 2.43. The van der Waals surface area contributed by atoms with Gasteiger partial charge in [-0.05, 0) is 133 Å². The van der Waals surface area contributed by atoms with Gasteiger partial charge in [-0.1, -0.05) is 107 Å². The lowest BCUT2D eigenvalue weighted by Gasteiger charge is -2.26. The van der Waals surface area contributed by atoms with Gasteiger partial charge in [0.15, 0.2) is 0 Å². The van der Waals surface area contributed by atoms with Crippen LogP contribution in [0.4, 0.5) is 34.1 Å². The van der Waals surface area contributed by atoms with E-state index in [-0.39, 0.29) is 0 Å². The lowest BCUT2D eigenvalue weighted by molar-refractivity contribution is 1.17. The third-order valence-corrected chi connectivity index (χ3v) is 10.5. The van der Waals surface area contributed by atoms with Crippen molar-refractivity contribution in [2.75, 3.05) is 9.80 Å². The first-order valence-electron chi connectivity index (χ1n) is 17.9. The Morgan fingerprint density at radius 2 is 0.811 bits per heavy atom. The highest BCUT2D eigenvalue weighted by atomic mass is 79.9. The molecule has 0 saturated heterocycles. The predicted octanol–water partition coefficient (Wildman–Crippen LogP) is 14.5. The van der Waals surface area contributed by atoms with Crippen molar-refractivity contribution >= 4 is 71.9 Å². The Morgan fingerprint density at radius 1 is 0.396 bits per heavy atom. The summed E-state index contributed by atoms with van der Waals surface area (Å²) in [4.78, 5) is 4.67. The van der Waals surface area contributed by atoms with Crippen molar-refractivity contribution in [1.29, 1.82) is 0 Å². The number of fused-ring (bicyclic) bond motifs is 3. The van der Waals surface area contributed by atoms with E-state index in [0.717, 1.165) is 55.3 Å². The molecule has 254 valence electrons. The molecule has 0 atom stereocenters. The van der Waals surface area contributed by atoms with Gasteiger partial charge in [0.1, 0.15) is 0 Å². The molecule has 0 aliphatic rings. The average molecular weight is 747 g/mol. The van der Waals surface area contributed by atoms with E-state index in [1.807, 2.05) is 0 Å². The van der Waals surface area contributed by atoms with Gasteiger partial charge in [0.2, 0.25) is 0 Å². The fourth-order valence-corrected chi connectivity index (χ4v) is 7.76. The van der Waals surface area contributed by atoms with Crippen LogP contribution in [0, 0.1) is 6.92 Å². The molecule has 0 amide bonds. The summed E-state index contributed by atoms with van der Waals surface area (Å²) in [5.74, 6) is 0. The lowest BCUT2D eigenvalue weighted by atomic mass is 10.00. The van der Waals surface area contributed by atoms with Crippen molar-refractivity contribution in [2.45, 2.75) is 6.92 Å². The smallest absolute Gasteiger partial charge is 0.0542 e. The number of halogens is 1. The van der Waals surface area contributed by atoms with E-state index < -0.39 is 0 Å². The molecule has 0 unspecified atom stereocenters. The zero-order valence-corrected chi connectivity index (χ0v) is 30.9. The maximum atomic E-state index is 3.59. The van der Waals surface area contributed by atoms with E-state index in [1.165, 1.54) is 27.5 Å². The van der Waals surface area contributed by atoms with Crippen molar-refractivity contribution < 1.29 is 0 Å². The molecule has 1 aromatic heterocycles. The van der Waals surface area contributed by atoms with Gasteiger partial charge in [0.25, 0.3) is 0 Å². The quantitative estimate of drug-likeness (QED) is 0.153. The van der Waals surface area contributed by atoms with Gasteiger partial charge in [-0.3, -0.25) is 0 Å². The molecule has 0 aliphatic heterocycles. The molecule has 8 aromatic carbocycles. The molecule has 9 aromatic rings. The summed E-state index contributed by atoms with van der Waals surface area (Å²) >= 11 is 3.59. The number of hydrogen-bond donors (Lipinski definition) is 0. The number of anilines is 6. The first kappa shape index (κ1) is 32.5. The molecule has 1 heterocycles. The van der Waals surface area contributed by atoms with Gasteiger partial charge >= 0.3 is 0 Å². The SMILES string of the molecule is Cc1cc(-n2c3ccc(N(c4ccccc4)c4ccccc4)cc3c3cc(N(c4ccccc4)c4ccccc4)ccc32)ccc1-c1ccc(Br)cc1. The van der Waals surface area contributed by atoms with Gasteiger partial charge in [-0.15, -0.1) is 0 Å². The van der Waals surface area contributed by atoms with Crippen LogP contribution in [0.2, 0.25) is 0 Å². The number of aryl methyl sites for hydroxylation is 1. The highest BCUT2D eigenvalue weighted by Gasteiger charge is 2.20. The number of aromatic nitrogens is 1. The Balaban J connectivity index is 1.28. The molecule has 3 nitrogen and oxygen atoms in total. The fourth-order valence-electron chi connectivity index (χ4n) is 7.50. The minimum absolute atomic E-state index is 1.08. The van der Waals surface area contributed by atoms with Gasteiger partial charge in [0.05, 0.1) is 11.0 Å². The monoisotopic (exact) mass is 745 g/mol. The number of benzene rings is 8. The molecule has 0 fully saturated rings. The minimum atomic E-state index is 1.08. The normalized spacial score (nSPS) is 11.2. The van der Waals surface area contributed by atoms with Gasteiger partial charge in [-0.2, -0.15) is 0 Å². The molecule has 0 aliphatic carbocycles. The van der Waals surface area contributed by atoms with Crippen LogP contribution >= 0.6 is 15.9 Å². The molecule has 9 rings (SSSR count). The second-order valence-corrected chi connectivity index (χ2v) is 14.2. The van der Waals surface area contributed by atoms with E-state index in [1.54, 1.807) is 0 Å². The average Bonchev–Trinajstić information content (AvgIpc) is 3.53. The molecule has 0 N–H and O–H groups in total. The molecule has 0 radical (unpaired) electrons. The summed E-state index contributed by atoms with van der Waals surface area (Å²) in [6.45, 7) is 2.21. The summed E-state index contributed by atoms with van der Waals surface area (Å²) in [7, 11) is 0. The third-order valence-electron chi connectivity index (χ3n) is 9.93. The standard InChI is InChI=1S/C49H36BrN3/c1-35-32-42(26-29-45(35)36-22-24-37(50)25-23-36)53-48-30-27-43(51(38-14-6-2-7-15-38)39-16-8-3-9-17-39)33-46(48)47-34-44(28-31-49(47)53)52(40-18-10-4-11-19-40)41-20-12-5-13-21-41/h2-34H,1H3. The zero-order valence-electron chi connectivity index (χ0n) is 29.3. The summed E-state index contributed by atoms with van der Waals surface area (Å²) < 4.78 is 3.50. The van der Waals surface area contributed by atoms with Gasteiger partial charge < -0.3 is 14.4 Å². The van der Waals surface area contributed by atoms with E-state index in [9.17, 15) is 0 Å². The number of nitrogens with zero attached hydrogens (tertiary/aromatic N) is 3. The Morgan fingerprint density at radius 3 is 1.21 bits per heavy atom. The Kier molecular flexibility index (Phi) is 8.59. The summed E-state index contributed by atoms with van der Waals surface area (Å²) in [6, 6.07) is 71.6. The first-order chi connectivity index (χ1) is 26.1. The number of para-hydroxylation sites is 4. The van der Waals surface area contributed by atoms with Crippen LogP contribution in [-0.4, -0.2) is 4.57 Å². The number of rotatable bonds is 8. The van der Waals surface area contributed by atoms with Crippen LogP contribution in [0.15, 0.2) is 205 Å². The van der Waals surface area contributed by atoms with Gasteiger partial charge in [0, 0.05) is 55.1 Å². The fraction of sp³-hybridized carbons (Fsp3) is 0.0204. The van der Waals surface area contributed by atoms with Gasteiger partial charge in [-0.25, -0.2) is 0 Å². The summed E-state index contributed by atoms with van der Waals surface area (Å²) in [5.41, 5.74) is 13.8. The lowest BCUT2D eigenvalue weighted by Crippen LogP contribution is -2.09. The van der Waals surface area contributed by atoms with Crippen molar-refractivity contribution in [2.24, 2.45) is 0 Å². The van der Waals surface area contributed by atoms with Crippen LogP contribution in [-0.2, 0) is 0 Å². The topological polar surface area (TPSA) is 11.4 Å². The van der Waals surface area contributed by atoms with Crippen LogP contribution < -0.4 is 9.80 Å². The molecular weight excluding hydrogens is 710 g/mol. The maximum Gasteiger partial charge on any atom is 0.0542 e. The largest absolute Gasteiger partial charge is 0.310 e. The number of hydrogen-bond acceptors (Lipinski definition) is 2. The van der Waals surface area contributed by atoms with Crippen molar-refractivity contribution in [3.05, 3.63) is 210 Å². The van der Waals surface area contributed by atoms with E-state index >= 15 is 0 Å². The molecule has 53 heavy (non-hydrogen) atoms. The molecule has 0 bridgehead atoms. The van der Waals surface area contributed by atoms with Crippen molar-refractivity contribution in [3.63, 3.8) is 0 Å². The van der Waals surface area contributed by atoms with Crippen LogP contribution in [0.1, 0.15) is 5.56 Å². The van der Waals surface area contributed by atoms with E-state index in [4.69, 9.17) is 0 Å². The predicted molar refractivity (Wildman–Crippen MR) is 228 cm³/mol. The maximum absolute atomic E-state index is 3.59. The molecule has 4 heteroatoms. The Labute approximate surface area is 318 Å². The van der Waals surface area contributed by atoms with Crippen molar-refractivity contribution in [1.82, 2.24) is 4.57 Å². The minimum Gasteiger partial charge on any atom is -0.310 e.